The molecule has 0 saturated heterocycles. The van der Waals surface area contributed by atoms with Crippen molar-refractivity contribution in [2.45, 2.75) is 6.61 Å². The average Bonchev–Trinajstić information content (AvgIpc) is 3.21. The van der Waals surface area contributed by atoms with Crippen LogP contribution in [0.15, 0.2) is 73.1 Å². The number of amides is 1. The summed E-state index contributed by atoms with van der Waals surface area (Å²) in [7, 11) is 3.11. The minimum Gasteiger partial charge on any atom is -0.493 e. The van der Waals surface area contributed by atoms with Gasteiger partial charge >= 0.3 is 0 Å². The van der Waals surface area contributed by atoms with Crippen molar-refractivity contribution in [3.63, 3.8) is 0 Å². The van der Waals surface area contributed by atoms with Crippen LogP contribution in [-0.4, -0.2) is 29.5 Å². The second kappa shape index (κ2) is 8.57. The Kier molecular flexibility index (Phi) is 5.52. The van der Waals surface area contributed by atoms with Crippen LogP contribution in [0.2, 0.25) is 0 Å². The summed E-state index contributed by atoms with van der Waals surface area (Å²) >= 11 is 0. The van der Waals surface area contributed by atoms with Gasteiger partial charge in [0, 0.05) is 29.7 Å². The van der Waals surface area contributed by atoms with Gasteiger partial charge in [-0.05, 0) is 42.5 Å². The Hall–Kier alpha value is -4.00. The first kappa shape index (κ1) is 19.3. The van der Waals surface area contributed by atoms with E-state index >= 15 is 0 Å². The number of carbonyl (C=O) groups is 1. The fourth-order valence-corrected chi connectivity index (χ4v) is 3.06. The van der Waals surface area contributed by atoms with Crippen molar-refractivity contribution in [2.75, 3.05) is 19.5 Å². The lowest BCUT2D eigenvalue weighted by molar-refractivity contribution is 0.102. The van der Waals surface area contributed by atoms with Crippen molar-refractivity contribution in [1.82, 2.24) is 9.38 Å². The van der Waals surface area contributed by atoms with Gasteiger partial charge in [-0.1, -0.05) is 12.1 Å². The molecular weight excluding hydrogens is 382 g/mol. The molecule has 0 atom stereocenters. The third-order valence-electron chi connectivity index (χ3n) is 4.54. The average molecular weight is 403 g/mol. The molecule has 30 heavy (non-hydrogen) atoms. The number of fused-ring (bicyclic) bond motifs is 1. The number of aromatic nitrogens is 2. The number of nitrogens with zero attached hydrogens (tertiary/aromatic N) is 2. The molecular formula is C23H21N3O4. The molecule has 1 N–H and O–H groups in total. The van der Waals surface area contributed by atoms with E-state index in [1.807, 2.05) is 41.1 Å². The van der Waals surface area contributed by atoms with E-state index in [2.05, 4.69) is 10.3 Å². The SMILES string of the molecule is COc1ccc(NC(=O)c2cccc(OCc3cn4ccccc4n3)c2)cc1OC. The summed E-state index contributed by atoms with van der Waals surface area (Å²) in [6.45, 7) is 0.308. The molecule has 0 unspecified atom stereocenters. The van der Waals surface area contributed by atoms with Crippen LogP contribution in [0.4, 0.5) is 5.69 Å². The molecule has 2 aromatic heterocycles. The van der Waals surface area contributed by atoms with E-state index in [0.717, 1.165) is 11.3 Å². The Bertz CT molecular complexity index is 1150. The van der Waals surface area contributed by atoms with Crippen LogP contribution in [0.3, 0.4) is 0 Å². The number of hydrogen-bond donors (Lipinski definition) is 1. The van der Waals surface area contributed by atoms with Gasteiger partial charge in [-0.25, -0.2) is 4.98 Å². The highest BCUT2D eigenvalue weighted by Gasteiger charge is 2.11. The summed E-state index contributed by atoms with van der Waals surface area (Å²) in [5.41, 5.74) is 2.76. The number of pyridine rings is 1. The van der Waals surface area contributed by atoms with Gasteiger partial charge in [0.25, 0.3) is 5.91 Å². The predicted octanol–water partition coefficient (Wildman–Crippen LogP) is 4.18. The van der Waals surface area contributed by atoms with Gasteiger partial charge in [0.2, 0.25) is 0 Å². The molecule has 4 aromatic rings. The van der Waals surface area contributed by atoms with Crippen molar-refractivity contribution in [3.8, 4) is 17.2 Å². The van der Waals surface area contributed by atoms with Crippen LogP contribution >= 0.6 is 0 Å². The van der Waals surface area contributed by atoms with Gasteiger partial charge in [-0.2, -0.15) is 0 Å². The third-order valence-corrected chi connectivity index (χ3v) is 4.54. The highest BCUT2D eigenvalue weighted by molar-refractivity contribution is 6.04. The fourth-order valence-electron chi connectivity index (χ4n) is 3.06. The van der Waals surface area contributed by atoms with E-state index < -0.39 is 0 Å². The summed E-state index contributed by atoms with van der Waals surface area (Å²) in [6, 6.07) is 18.0. The molecule has 0 radical (unpaired) electrons. The second-order valence-electron chi connectivity index (χ2n) is 6.54. The number of anilines is 1. The lowest BCUT2D eigenvalue weighted by atomic mass is 10.2. The molecule has 2 aromatic carbocycles. The Morgan fingerprint density at radius 3 is 2.67 bits per heavy atom. The lowest BCUT2D eigenvalue weighted by Crippen LogP contribution is -2.12. The highest BCUT2D eigenvalue weighted by atomic mass is 16.5. The fraction of sp³-hybridized carbons (Fsp3) is 0.130. The first-order valence-corrected chi connectivity index (χ1v) is 9.35. The summed E-state index contributed by atoms with van der Waals surface area (Å²) in [5.74, 6) is 1.48. The topological polar surface area (TPSA) is 74.1 Å². The van der Waals surface area contributed by atoms with Gasteiger partial charge in [-0.3, -0.25) is 4.79 Å². The molecule has 4 rings (SSSR count). The number of benzene rings is 2. The zero-order valence-electron chi connectivity index (χ0n) is 16.7. The molecule has 0 aliphatic heterocycles. The van der Waals surface area contributed by atoms with Gasteiger partial charge in [0.05, 0.1) is 19.9 Å². The van der Waals surface area contributed by atoms with Crippen molar-refractivity contribution in [3.05, 3.63) is 84.3 Å². The van der Waals surface area contributed by atoms with Gasteiger partial charge in [0.1, 0.15) is 18.0 Å². The van der Waals surface area contributed by atoms with Crippen LogP contribution in [0, 0.1) is 0 Å². The molecule has 0 spiro atoms. The third kappa shape index (κ3) is 4.20. The Morgan fingerprint density at radius 2 is 1.87 bits per heavy atom. The van der Waals surface area contributed by atoms with Crippen LogP contribution in [0.1, 0.15) is 16.1 Å². The number of ether oxygens (including phenoxy) is 3. The Balaban J connectivity index is 1.44. The minimum atomic E-state index is -0.250. The summed E-state index contributed by atoms with van der Waals surface area (Å²) in [5, 5.41) is 2.86. The Labute approximate surface area is 173 Å². The largest absolute Gasteiger partial charge is 0.493 e. The Morgan fingerprint density at radius 1 is 1.00 bits per heavy atom. The van der Waals surface area contributed by atoms with Gasteiger partial charge in [-0.15, -0.1) is 0 Å². The maximum atomic E-state index is 12.7. The van der Waals surface area contributed by atoms with Crippen molar-refractivity contribution < 1.29 is 19.0 Å². The van der Waals surface area contributed by atoms with Crippen molar-refractivity contribution in [2.24, 2.45) is 0 Å². The van der Waals surface area contributed by atoms with E-state index in [9.17, 15) is 4.79 Å². The molecule has 7 heteroatoms. The number of carbonyl (C=O) groups excluding carboxylic acids is 1. The normalized spacial score (nSPS) is 10.6. The summed E-state index contributed by atoms with van der Waals surface area (Å²) in [4.78, 5) is 17.2. The van der Waals surface area contributed by atoms with Gasteiger partial charge < -0.3 is 23.9 Å². The van der Waals surface area contributed by atoms with E-state index in [1.54, 1.807) is 50.6 Å². The van der Waals surface area contributed by atoms with E-state index in [4.69, 9.17) is 14.2 Å². The van der Waals surface area contributed by atoms with E-state index in [-0.39, 0.29) is 5.91 Å². The maximum Gasteiger partial charge on any atom is 0.255 e. The molecule has 0 aliphatic rings. The van der Waals surface area contributed by atoms with Crippen LogP contribution < -0.4 is 19.5 Å². The van der Waals surface area contributed by atoms with Crippen LogP contribution in [0.5, 0.6) is 17.2 Å². The van der Waals surface area contributed by atoms with Crippen LogP contribution in [-0.2, 0) is 6.61 Å². The number of rotatable bonds is 7. The lowest BCUT2D eigenvalue weighted by Gasteiger charge is -2.11. The highest BCUT2D eigenvalue weighted by Crippen LogP contribution is 2.30. The molecule has 152 valence electrons. The number of nitrogens with one attached hydrogen (secondary N) is 1. The zero-order valence-corrected chi connectivity index (χ0v) is 16.7. The van der Waals surface area contributed by atoms with Gasteiger partial charge in [0.15, 0.2) is 11.5 Å². The first-order valence-electron chi connectivity index (χ1n) is 9.35. The molecule has 1 amide bonds. The van der Waals surface area contributed by atoms with Crippen molar-refractivity contribution >= 4 is 17.2 Å². The summed E-state index contributed by atoms with van der Waals surface area (Å²) < 4.78 is 18.3. The molecule has 0 fully saturated rings. The number of hydrogen-bond acceptors (Lipinski definition) is 5. The maximum absolute atomic E-state index is 12.7. The molecule has 0 aliphatic carbocycles. The number of methoxy groups -OCH3 is 2. The quantitative estimate of drug-likeness (QED) is 0.501. The smallest absolute Gasteiger partial charge is 0.255 e. The molecule has 0 saturated carbocycles. The minimum absolute atomic E-state index is 0.250. The standard InChI is InChI=1S/C23H21N3O4/c1-28-20-10-9-17(13-21(20)29-2)25-23(27)16-6-5-7-19(12-16)30-15-18-14-26-11-4-3-8-22(26)24-18/h3-14H,15H2,1-2H3,(H,25,27). The molecule has 0 bridgehead atoms. The molecule has 2 heterocycles. The van der Waals surface area contributed by atoms with E-state index in [1.165, 1.54) is 0 Å². The van der Waals surface area contributed by atoms with E-state index in [0.29, 0.717) is 35.1 Å². The second-order valence-corrected chi connectivity index (χ2v) is 6.54. The monoisotopic (exact) mass is 403 g/mol. The molecule has 7 nitrogen and oxygen atoms in total. The number of imidazole rings is 1. The summed E-state index contributed by atoms with van der Waals surface area (Å²) in [6.07, 6.45) is 3.86. The first-order chi connectivity index (χ1) is 14.7. The van der Waals surface area contributed by atoms with Crippen molar-refractivity contribution in [1.29, 1.82) is 0 Å². The van der Waals surface area contributed by atoms with Crippen LogP contribution in [0.25, 0.3) is 5.65 Å². The zero-order chi connectivity index (χ0) is 20.9. The predicted molar refractivity (Wildman–Crippen MR) is 113 cm³/mol.